The summed E-state index contributed by atoms with van der Waals surface area (Å²) in [7, 11) is 0. The van der Waals surface area contributed by atoms with Crippen molar-refractivity contribution in [1.82, 2.24) is 10.3 Å². The Morgan fingerprint density at radius 1 is 1.44 bits per heavy atom. The number of nitrogens with one attached hydrogen (secondary N) is 1. The van der Waals surface area contributed by atoms with Gasteiger partial charge in [-0.3, -0.25) is 0 Å². The third kappa shape index (κ3) is 3.07. The van der Waals surface area contributed by atoms with Crippen molar-refractivity contribution < 1.29 is 13.5 Å². The minimum Gasteiger partial charge on any atom is -0.467 e. The van der Waals surface area contributed by atoms with Crippen LogP contribution in [0.1, 0.15) is 18.2 Å². The molecule has 0 aromatic carbocycles. The monoisotopic (exact) mass is 250 g/mol. The van der Waals surface area contributed by atoms with Crippen LogP contribution in [0, 0.1) is 5.82 Å². The molecule has 2 aromatic heterocycles. The first-order valence-electron chi connectivity index (χ1n) is 5.80. The lowest BCUT2D eigenvalue weighted by atomic mass is 10.2. The quantitative estimate of drug-likeness (QED) is 0.855. The second-order valence-electron chi connectivity index (χ2n) is 3.74. The van der Waals surface area contributed by atoms with Gasteiger partial charge in [0.05, 0.1) is 6.26 Å². The van der Waals surface area contributed by atoms with Gasteiger partial charge in [0, 0.05) is 18.3 Å². The largest absolute Gasteiger partial charge is 0.467 e. The fourth-order valence-corrected chi connectivity index (χ4v) is 1.49. The topological polar surface area (TPSA) is 47.3 Å². The van der Waals surface area contributed by atoms with Crippen molar-refractivity contribution in [3.05, 3.63) is 47.8 Å². The summed E-state index contributed by atoms with van der Waals surface area (Å²) >= 11 is 0. The van der Waals surface area contributed by atoms with Gasteiger partial charge in [-0.1, -0.05) is 6.92 Å². The highest BCUT2D eigenvalue weighted by Gasteiger charge is 2.11. The molecular formula is C13H15FN2O2. The van der Waals surface area contributed by atoms with Crippen LogP contribution in [-0.4, -0.2) is 11.5 Å². The summed E-state index contributed by atoms with van der Waals surface area (Å²) in [6.45, 7) is 3.38. The lowest BCUT2D eigenvalue weighted by Gasteiger charge is -2.08. The maximum atomic E-state index is 14.0. The Balaban J connectivity index is 2.03. The molecule has 0 bridgehead atoms. The zero-order valence-electron chi connectivity index (χ0n) is 10.1. The second-order valence-corrected chi connectivity index (χ2v) is 3.74. The number of aromatic nitrogens is 1. The van der Waals surface area contributed by atoms with Gasteiger partial charge in [0.15, 0.2) is 5.82 Å². The van der Waals surface area contributed by atoms with Gasteiger partial charge < -0.3 is 14.5 Å². The van der Waals surface area contributed by atoms with E-state index >= 15 is 0 Å². The molecule has 0 aliphatic rings. The molecule has 0 fully saturated rings. The van der Waals surface area contributed by atoms with E-state index in [4.69, 9.17) is 9.15 Å². The minimum atomic E-state index is -0.426. The maximum absolute atomic E-state index is 14.0. The van der Waals surface area contributed by atoms with Gasteiger partial charge in [-0.15, -0.1) is 0 Å². The summed E-state index contributed by atoms with van der Waals surface area (Å²) < 4.78 is 24.4. The minimum absolute atomic E-state index is 0.00167. The molecular weight excluding hydrogens is 235 g/mol. The van der Waals surface area contributed by atoms with Crippen molar-refractivity contribution in [1.29, 1.82) is 0 Å². The highest BCUT2D eigenvalue weighted by atomic mass is 19.1. The first-order chi connectivity index (χ1) is 8.81. The van der Waals surface area contributed by atoms with E-state index in [1.165, 1.54) is 6.20 Å². The molecule has 0 saturated heterocycles. The SMILES string of the molecule is CCNCc1ccnc(OCc2ccco2)c1F. The molecule has 18 heavy (non-hydrogen) atoms. The highest BCUT2D eigenvalue weighted by Crippen LogP contribution is 2.18. The molecule has 0 radical (unpaired) electrons. The number of hydrogen-bond acceptors (Lipinski definition) is 4. The number of nitrogens with zero attached hydrogens (tertiary/aromatic N) is 1. The van der Waals surface area contributed by atoms with E-state index in [2.05, 4.69) is 10.3 Å². The first kappa shape index (κ1) is 12.6. The number of furan rings is 1. The smallest absolute Gasteiger partial charge is 0.251 e. The van der Waals surface area contributed by atoms with Crippen molar-refractivity contribution in [2.24, 2.45) is 0 Å². The van der Waals surface area contributed by atoms with E-state index < -0.39 is 5.82 Å². The Labute approximate surface area is 105 Å². The van der Waals surface area contributed by atoms with Crippen LogP contribution in [0.25, 0.3) is 0 Å². The van der Waals surface area contributed by atoms with Gasteiger partial charge in [-0.25, -0.2) is 9.37 Å². The van der Waals surface area contributed by atoms with Crippen molar-refractivity contribution >= 4 is 0 Å². The summed E-state index contributed by atoms with van der Waals surface area (Å²) in [5.41, 5.74) is 0.543. The summed E-state index contributed by atoms with van der Waals surface area (Å²) in [6.07, 6.45) is 3.08. The fraction of sp³-hybridized carbons (Fsp3) is 0.308. The van der Waals surface area contributed by atoms with Gasteiger partial charge in [0.25, 0.3) is 5.88 Å². The standard InChI is InChI=1S/C13H15FN2O2/c1-2-15-8-10-5-6-16-13(12(10)14)18-9-11-4-3-7-17-11/h3-7,15H,2,8-9H2,1H3. The van der Waals surface area contributed by atoms with Gasteiger partial charge in [0.2, 0.25) is 0 Å². The van der Waals surface area contributed by atoms with Crippen LogP contribution in [0.15, 0.2) is 35.1 Å². The Morgan fingerprint density at radius 3 is 3.06 bits per heavy atom. The zero-order valence-corrected chi connectivity index (χ0v) is 10.1. The second kappa shape index (κ2) is 6.16. The molecule has 0 amide bonds. The molecule has 5 heteroatoms. The summed E-state index contributed by atoms with van der Waals surface area (Å²) in [5, 5.41) is 3.06. The Morgan fingerprint density at radius 2 is 2.33 bits per heavy atom. The Bertz CT molecular complexity index is 486. The van der Waals surface area contributed by atoms with Crippen LogP contribution >= 0.6 is 0 Å². The van der Waals surface area contributed by atoms with Gasteiger partial charge in [0.1, 0.15) is 12.4 Å². The lowest BCUT2D eigenvalue weighted by molar-refractivity contribution is 0.247. The number of pyridine rings is 1. The molecule has 1 N–H and O–H groups in total. The van der Waals surface area contributed by atoms with E-state index in [0.29, 0.717) is 17.9 Å². The predicted molar refractivity (Wildman–Crippen MR) is 64.6 cm³/mol. The average molecular weight is 250 g/mol. The number of halogens is 1. The van der Waals surface area contributed by atoms with Crippen molar-refractivity contribution in [3.63, 3.8) is 0 Å². The number of ether oxygens (including phenoxy) is 1. The fourth-order valence-electron chi connectivity index (χ4n) is 1.49. The molecule has 0 unspecified atom stereocenters. The highest BCUT2D eigenvalue weighted by molar-refractivity contribution is 5.23. The number of hydrogen-bond donors (Lipinski definition) is 1. The van der Waals surface area contributed by atoms with E-state index in [1.807, 2.05) is 6.92 Å². The lowest BCUT2D eigenvalue weighted by Crippen LogP contribution is -2.13. The van der Waals surface area contributed by atoms with Crippen LogP contribution in [-0.2, 0) is 13.2 Å². The summed E-state index contributed by atoms with van der Waals surface area (Å²) in [4.78, 5) is 3.88. The Hall–Kier alpha value is -1.88. The van der Waals surface area contributed by atoms with Crippen LogP contribution < -0.4 is 10.1 Å². The maximum Gasteiger partial charge on any atom is 0.251 e. The summed E-state index contributed by atoms with van der Waals surface area (Å²) in [5.74, 6) is 0.208. The van der Waals surface area contributed by atoms with Gasteiger partial charge in [-0.05, 0) is 24.7 Å². The van der Waals surface area contributed by atoms with Gasteiger partial charge >= 0.3 is 0 Å². The van der Waals surface area contributed by atoms with Crippen molar-refractivity contribution in [2.75, 3.05) is 6.54 Å². The molecule has 4 nitrogen and oxygen atoms in total. The van der Waals surface area contributed by atoms with Crippen molar-refractivity contribution in [3.8, 4) is 5.88 Å². The predicted octanol–water partition coefficient (Wildman–Crippen LogP) is 2.50. The molecule has 2 aromatic rings. The third-order valence-corrected chi connectivity index (χ3v) is 2.43. The van der Waals surface area contributed by atoms with E-state index in [0.717, 1.165) is 6.54 Å². The van der Waals surface area contributed by atoms with E-state index in [-0.39, 0.29) is 12.5 Å². The number of rotatable bonds is 6. The molecule has 0 aliphatic heterocycles. The Kier molecular flexibility index (Phi) is 4.30. The normalized spacial score (nSPS) is 10.6. The van der Waals surface area contributed by atoms with E-state index in [9.17, 15) is 4.39 Å². The first-order valence-corrected chi connectivity index (χ1v) is 5.80. The molecule has 2 heterocycles. The van der Waals surface area contributed by atoms with Crippen LogP contribution in [0.3, 0.4) is 0 Å². The van der Waals surface area contributed by atoms with Crippen LogP contribution in [0.2, 0.25) is 0 Å². The average Bonchev–Trinajstić information content (AvgIpc) is 2.89. The molecule has 0 saturated carbocycles. The molecule has 96 valence electrons. The zero-order chi connectivity index (χ0) is 12.8. The van der Waals surface area contributed by atoms with E-state index in [1.54, 1.807) is 24.5 Å². The molecule has 0 aliphatic carbocycles. The van der Waals surface area contributed by atoms with Crippen molar-refractivity contribution in [2.45, 2.75) is 20.1 Å². The van der Waals surface area contributed by atoms with Crippen LogP contribution in [0.5, 0.6) is 5.88 Å². The molecule has 0 spiro atoms. The van der Waals surface area contributed by atoms with Crippen LogP contribution in [0.4, 0.5) is 4.39 Å². The van der Waals surface area contributed by atoms with Gasteiger partial charge in [-0.2, -0.15) is 0 Å². The molecule has 0 atom stereocenters. The molecule has 2 rings (SSSR count). The third-order valence-electron chi connectivity index (χ3n) is 2.43. The summed E-state index contributed by atoms with van der Waals surface area (Å²) in [6, 6.07) is 5.15.